The van der Waals surface area contributed by atoms with Crippen LogP contribution in [-0.4, -0.2) is 54.3 Å². The largest absolute Gasteiger partial charge is 0.465 e. The average molecular weight is 305 g/mol. The molecule has 0 spiro atoms. The maximum absolute atomic E-state index is 12.9. The summed E-state index contributed by atoms with van der Waals surface area (Å²) in [5.41, 5.74) is -1.29. The van der Waals surface area contributed by atoms with Crippen molar-refractivity contribution in [3.05, 3.63) is 0 Å². The Hall–Kier alpha value is -0.990. The van der Waals surface area contributed by atoms with Crippen molar-refractivity contribution in [3.63, 3.8) is 0 Å². The summed E-state index contributed by atoms with van der Waals surface area (Å²) >= 11 is 0. The lowest BCUT2D eigenvalue weighted by Gasteiger charge is -2.40. The normalized spacial score (nSPS) is 15.1. The van der Waals surface area contributed by atoms with Crippen molar-refractivity contribution in [1.29, 1.82) is 0 Å². The van der Waals surface area contributed by atoms with E-state index in [1.165, 1.54) is 20.8 Å². The number of hydrogen-bond acceptors (Lipinski definition) is 3. The van der Waals surface area contributed by atoms with Crippen LogP contribution in [0, 0.1) is 0 Å². The van der Waals surface area contributed by atoms with Crippen LogP contribution in [-0.2, 0) is 9.84 Å². The zero-order valence-electron chi connectivity index (χ0n) is 11.2. The molecule has 1 amide bonds. The summed E-state index contributed by atoms with van der Waals surface area (Å²) in [5.74, 6) is -0.725. The van der Waals surface area contributed by atoms with Crippen LogP contribution in [0.4, 0.5) is 18.0 Å². The first kappa shape index (κ1) is 18.0. The molecule has 0 aliphatic rings. The van der Waals surface area contributed by atoms with E-state index in [-0.39, 0.29) is 4.90 Å². The molecule has 1 unspecified atom stereocenters. The second-order valence-electron chi connectivity index (χ2n) is 5.30. The van der Waals surface area contributed by atoms with Crippen molar-refractivity contribution < 1.29 is 31.5 Å². The van der Waals surface area contributed by atoms with E-state index < -0.39 is 45.9 Å². The lowest BCUT2D eigenvalue weighted by molar-refractivity contribution is -0.188. The zero-order valence-corrected chi connectivity index (χ0v) is 12.0. The summed E-state index contributed by atoms with van der Waals surface area (Å²) in [6.07, 6.45) is -6.56. The van der Waals surface area contributed by atoms with Crippen LogP contribution in [0.2, 0.25) is 0 Å². The first-order valence-electron chi connectivity index (χ1n) is 5.43. The van der Waals surface area contributed by atoms with Gasteiger partial charge in [0.2, 0.25) is 0 Å². The minimum Gasteiger partial charge on any atom is -0.465 e. The molecule has 0 aromatic rings. The molecule has 114 valence electrons. The summed E-state index contributed by atoms with van der Waals surface area (Å²) in [4.78, 5) is 11.3. The minimum atomic E-state index is -4.82. The second kappa shape index (κ2) is 5.56. The number of nitrogens with zero attached hydrogens (tertiary/aromatic N) is 1. The van der Waals surface area contributed by atoms with E-state index in [1.54, 1.807) is 0 Å². The van der Waals surface area contributed by atoms with Crippen molar-refractivity contribution in [2.45, 2.75) is 44.9 Å². The van der Waals surface area contributed by atoms with Crippen molar-refractivity contribution in [1.82, 2.24) is 4.90 Å². The predicted molar refractivity (Wildman–Crippen MR) is 63.8 cm³/mol. The number of alkyl halides is 3. The van der Waals surface area contributed by atoms with Gasteiger partial charge >= 0.3 is 12.3 Å². The quantitative estimate of drug-likeness (QED) is 0.863. The molecule has 0 radical (unpaired) electrons. The highest BCUT2D eigenvalue weighted by molar-refractivity contribution is 7.90. The molecule has 0 fully saturated rings. The molecular formula is C10H18F3NO4S. The highest BCUT2D eigenvalue weighted by Crippen LogP contribution is 2.32. The van der Waals surface area contributed by atoms with Gasteiger partial charge in [-0.3, -0.25) is 4.90 Å². The van der Waals surface area contributed by atoms with Crippen molar-refractivity contribution in [3.8, 4) is 0 Å². The number of amides is 1. The third kappa shape index (κ3) is 6.13. The lowest BCUT2D eigenvalue weighted by atomic mass is 10.0. The van der Waals surface area contributed by atoms with Crippen LogP contribution < -0.4 is 0 Å². The Bertz CT molecular complexity index is 425. The molecular weight excluding hydrogens is 287 g/mol. The molecule has 0 aromatic carbocycles. The Morgan fingerprint density at radius 3 is 1.89 bits per heavy atom. The Balaban J connectivity index is 5.40. The fourth-order valence-corrected chi connectivity index (χ4v) is 2.30. The van der Waals surface area contributed by atoms with Crippen molar-refractivity contribution >= 4 is 15.9 Å². The third-order valence-corrected chi connectivity index (χ3v) is 3.36. The topological polar surface area (TPSA) is 74.7 Å². The number of rotatable bonds is 4. The van der Waals surface area contributed by atoms with E-state index in [1.807, 2.05) is 0 Å². The Morgan fingerprint density at radius 1 is 1.26 bits per heavy atom. The van der Waals surface area contributed by atoms with E-state index >= 15 is 0 Å². The van der Waals surface area contributed by atoms with Crippen LogP contribution in [0.1, 0.15) is 27.2 Å². The number of hydrogen-bond donors (Lipinski definition) is 1. The van der Waals surface area contributed by atoms with Gasteiger partial charge in [0.25, 0.3) is 0 Å². The van der Waals surface area contributed by atoms with Gasteiger partial charge in [-0.1, -0.05) is 0 Å². The van der Waals surface area contributed by atoms with Crippen LogP contribution in [0.3, 0.4) is 0 Å². The smallest absolute Gasteiger partial charge is 0.409 e. The van der Waals surface area contributed by atoms with E-state index in [0.717, 1.165) is 6.26 Å². The molecule has 0 aliphatic heterocycles. The number of carbonyl (C=O) groups is 1. The van der Waals surface area contributed by atoms with Crippen LogP contribution in [0.25, 0.3) is 0 Å². The first-order chi connectivity index (χ1) is 8.16. The maximum atomic E-state index is 12.9. The van der Waals surface area contributed by atoms with Gasteiger partial charge in [-0.2, -0.15) is 13.2 Å². The average Bonchev–Trinajstić information content (AvgIpc) is 2.04. The molecule has 9 heteroatoms. The molecule has 0 aliphatic carbocycles. The molecule has 1 N–H and O–H groups in total. The zero-order chi connectivity index (χ0) is 15.6. The third-order valence-electron chi connectivity index (χ3n) is 2.38. The molecule has 0 saturated heterocycles. The fraction of sp³-hybridized carbons (Fsp3) is 0.900. The summed E-state index contributed by atoms with van der Waals surface area (Å²) in [7, 11) is -3.60. The number of carboxylic acid groups (broad SMARTS) is 1. The molecule has 0 bridgehead atoms. The van der Waals surface area contributed by atoms with Gasteiger partial charge in [0.05, 0.1) is 5.75 Å². The summed E-state index contributed by atoms with van der Waals surface area (Å²) in [6, 6.07) is -2.35. The van der Waals surface area contributed by atoms with Crippen LogP contribution >= 0.6 is 0 Å². The van der Waals surface area contributed by atoms with Crippen molar-refractivity contribution in [2.24, 2.45) is 0 Å². The van der Waals surface area contributed by atoms with Crippen LogP contribution in [0.15, 0.2) is 0 Å². The molecule has 0 rings (SSSR count). The molecule has 0 heterocycles. The minimum absolute atomic E-state index is 0.248. The van der Waals surface area contributed by atoms with Gasteiger partial charge < -0.3 is 5.11 Å². The molecule has 19 heavy (non-hydrogen) atoms. The van der Waals surface area contributed by atoms with Gasteiger partial charge in [-0.05, 0) is 27.2 Å². The fourth-order valence-electron chi connectivity index (χ4n) is 1.65. The Kier molecular flexibility index (Phi) is 5.27. The van der Waals surface area contributed by atoms with Crippen LogP contribution in [0.5, 0.6) is 0 Å². The highest BCUT2D eigenvalue weighted by Gasteiger charge is 2.49. The summed E-state index contributed by atoms with van der Waals surface area (Å²) < 4.78 is 60.8. The van der Waals surface area contributed by atoms with E-state index in [4.69, 9.17) is 5.11 Å². The highest BCUT2D eigenvalue weighted by atomic mass is 32.2. The molecule has 5 nitrogen and oxygen atoms in total. The SMILES string of the molecule is CC(C)(C)N(C(=O)O)C(CCS(C)(=O)=O)C(F)(F)F. The summed E-state index contributed by atoms with van der Waals surface area (Å²) in [5, 5.41) is 8.95. The van der Waals surface area contributed by atoms with E-state index in [2.05, 4.69) is 0 Å². The van der Waals surface area contributed by atoms with Gasteiger partial charge in [-0.15, -0.1) is 0 Å². The number of sulfone groups is 1. The van der Waals surface area contributed by atoms with E-state index in [0.29, 0.717) is 0 Å². The first-order valence-corrected chi connectivity index (χ1v) is 7.49. The standard InChI is InChI=1S/C10H18F3NO4S/c1-9(2,3)14(8(15)16)7(10(11,12)13)5-6-19(4,17)18/h7H,5-6H2,1-4H3,(H,15,16). The monoisotopic (exact) mass is 305 g/mol. The van der Waals surface area contributed by atoms with E-state index in [9.17, 15) is 26.4 Å². The maximum Gasteiger partial charge on any atom is 0.409 e. The summed E-state index contributed by atoms with van der Waals surface area (Å²) in [6.45, 7) is 3.96. The van der Waals surface area contributed by atoms with Crippen molar-refractivity contribution in [2.75, 3.05) is 12.0 Å². The molecule has 0 saturated carbocycles. The Morgan fingerprint density at radius 2 is 1.68 bits per heavy atom. The predicted octanol–water partition coefficient (Wildman–Crippen LogP) is 2.13. The number of halogens is 3. The van der Waals surface area contributed by atoms with Gasteiger partial charge in [0.15, 0.2) is 0 Å². The lowest BCUT2D eigenvalue weighted by Crippen LogP contribution is -2.57. The second-order valence-corrected chi connectivity index (χ2v) is 7.56. The molecule has 1 atom stereocenters. The van der Waals surface area contributed by atoms with Gasteiger partial charge in [-0.25, -0.2) is 13.2 Å². The van der Waals surface area contributed by atoms with Gasteiger partial charge in [0, 0.05) is 11.8 Å². The Labute approximate surface area is 110 Å². The van der Waals surface area contributed by atoms with Gasteiger partial charge in [0.1, 0.15) is 15.9 Å². The molecule has 0 aromatic heterocycles.